The van der Waals surface area contributed by atoms with Crippen LogP contribution < -0.4 is 10.2 Å². The van der Waals surface area contributed by atoms with E-state index in [1.807, 2.05) is 6.92 Å². The molecule has 4 rings (SSSR count). The Morgan fingerprint density at radius 2 is 1.36 bits per heavy atom. The van der Waals surface area contributed by atoms with E-state index in [9.17, 15) is 24.0 Å². The average Bonchev–Trinajstić information content (AvgIpc) is 3.16. The Kier molecular flexibility index (Phi) is 9.24. The molecule has 1 aliphatic carbocycles. The number of ether oxygens (including phenoxy) is 2. The molecular weight excluding hydrogens is 547 g/mol. The van der Waals surface area contributed by atoms with E-state index in [2.05, 4.69) is 5.32 Å². The fourth-order valence-corrected chi connectivity index (χ4v) is 5.18. The fraction of sp³-hybridized carbons (Fsp3) is 0.393. The normalized spacial score (nSPS) is 22.3. The fourth-order valence-electron chi connectivity index (χ4n) is 4.59. The second-order valence-corrected chi connectivity index (χ2v) is 10.6. The number of nitrogens with zero attached hydrogens (tertiary/aromatic N) is 1. The molecule has 1 aliphatic heterocycles. The molecule has 3 amide bonds. The van der Waals surface area contributed by atoms with Gasteiger partial charge in [0.05, 0.1) is 46.0 Å². The second kappa shape index (κ2) is 12.6. The number of alkyl halides is 2. The van der Waals surface area contributed by atoms with E-state index in [1.54, 1.807) is 12.1 Å². The number of hydrogen-bond donors (Lipinski definition) is 1. The van der Waals surface area contributed by atoms with Gasteiger partial charge in [-0.15, -0.1) is 23.2 Å². The molecule has 9 nitrogen and oxygen atoms in total. The number of carbonyl (C=O) groups excluding carboxylic acids is 5. The topological polar surface area (TPSA) is 119 Å². The first-order valence-corrected chi connectivity index (χ1v) is 13.6. The van der Waals surface area contributed by atoms with E-state index >= 15 is 0 Å². The number of carbonyl (C=O) groups is 5. The summed E-state index contributed by atoms with van der Waals surface area (Å²) in [6.07, 6.45) is 2.38. The molecule has 0 unspecified atom stereocenters. The summed E-state index contributed by atoms with van der Waals surface area (Å²) in [6, 6.07) is 12.0. The van der Waals surface area contributed by atoms with E-state index in [1.165, 1.54) is 36.4 Å². The molecule has 0 spiro atoms. The van der Waals surface area contributed by atoms with Crippen molar-refractivity contribution in [1.82, 2.24) is 0 Å². The van der Waals surface area contributed by atoms with Crippen LogP contribution in [0.2, 0.25) is 0 Å². The quantitative estimate of drug-likeness (QED) is 0.202. The molecule has 2 fully saturated rings. The molecule has 1 saturated carbocycles. The van der Waals surface area contributed by atoms with Crippen LogP contribution in [0.3, 0.4) is 0 Å². The van der Waals surface area contributed by atoms with Crippen molar-refractivity contribution in [1.29, 1.82) is 0 Å². The van der Waals surface area contributed by atoms with E-state index in [0.717, 1.165) is 17.7 Å². The lowest BCUT2D eigenvalue weighted by Crippen LogP contribution is -2.34. The van der Waals surface area contributed by atoms with E-state index in [0.29, 0.717) is 36.4 Å². The minimum atomic E-state index is -0.746. The molecule has 2 aromatic carbocycles. The summed E-state index contributed by atoms with van der Waals surface area (Å²) in [5.74, 6) is -3.41. The number of anilines is 2. The Balaban J connectivity index is 1.28. The first-order chi connectivity index (χ1) is 18.7. The maximum Gasteiger partial charge on any atom is 0.338 e. The molecule has 11 heteroatoms. The number of benzene rings is 2. The Hall–Kier alpha value is -3.43. The van der Waals surface area contributed by atoms with E-state index in [-0.39, 0.29) is 28.1 Å². The largest absolute Gasteiger partial charge is 0.462 e. The zero-order chi connectivity index (χ0) is 28.1. The number of amides is 3. The number of unbranched alkanes of at least 4 members (excludes halogenated alkanes) is 1. The zero-order valence-electron chi connectivity index (χ0n) is 21.2. The Morgan fingerprint density at radius 3 is 1.90 bits per heavy atom. The molecule has 2 aromatic rings. The molecule has 1 saturated heterocycles. The minimum absolute atomic E-state index is 0.149. The van der Waals surface area contributed by atoms with Crippen LogP contribution in [-0.2, 0) is 23.9 Å². The van der Waals surface area contributed by atoms with Crippen molar-refractivity contribution in [3.8, 4) is 0 Å². The average molecular weight is 575 g/mol. The highest BCUT2D eigenvalue weighted by Gasteiger charge is 2.52. The van der Waals surface area contributed by atoms with Crippen LogP contribution in [0.1, 0.15) is 53.3 Å². The third-order valence-corrected chi connectivity index (χ3v) is 7.84. The third kappa shape index (κ3) is 6.59. The highest BCUT2D eigenvalue weighted by atomic mass is 35.5. The lowest BCUT2D eigenvalue weighted by Gasteiger charge is -2.28. The maximum absolute atomic E-state index is 12.9. The van der Waals surface area contributed by atoms with Crippen molar-refractivity contribution in [2.45, 2.75) is 43.4 Å². The van der Waals surface area contributed by atoms with Gasteiger partial charge in [-0.05, 0) is 67.8 Å². The molecule has 39 heavy (non-hydrogen) atoms. The third-order valence-electron chi connectivity index (χ3n) is 6.74. The predicted octanol–water partition coefficient (Wildman–Crippen LogP) is 4.55. The zero-order valence-corrected chi connectivity index (χ0v) is 22.7. The van der Waals surface area contributed by atoms with Gasteiger partial charge >= 0.3 is 11.9 Å². The summed E-state index contributed by atoms with van der Waals surface area (Å²) < 4.78 is 10.2. The Morgan fingerprint density at radius 1 is 0.846 bits per heavy atom. The van der Waals surface area contributed by atoms with Gasteiger partial charge < -0.3 is 14.8 Å². The highest BCUT2D eigenvalue weighted by molar-refractivity contribution is 6.31. The van der Waals surface area contributed by atoms with E-state index in [4.69, 9.17) is 32.7 Å². The summed E-state index contributed by atoms with van der Waals surface area (Å²) in [4.78, 5) is 63.5. The first-order valence-electron chi connectivity index (χ1n) is 12.7. The van der Waals surface area contributed by atoms with Gasteiger partial charge in [-0.3, -0.25) is 19.3 Å². The van der Waals surface area contributed by atoms with Crippen molar-refractivity contribution < 1.29 is 33.4 Å². The number of imide groups is 1. The molecule has 206 valence electrons. The van der Waals surface area contributed by atoms with Crippen LogP contribution in [0.15, 0.2) is 48.5 Å². The smallest absolute Gasteiger partial charge is 0.338 e. The Bertz CT molecular complexity index is 1220. The van der Waals surface area contributed by atoms with Gasteiger partial charge in [0.2, 0.25) is 11.8 Å². The summed E-state index contributed by atoms with van der Waals surface area (Å²) in [5.41, 5.74) is 1.27. The molecule has 0 bridgehead atoms. The maximum atomic E-state index is 12.9. The first kappa shape index (κ1) is 28.6. The van der Waals surface area contributed by atoms with Gasteiger partial charge in [-0.1, -0.05) is 13.3 Å². The number of nitrogens with one attached hydrogen (secondary N) is 1. The molecule has 0 aromatic heterocycles. The lowest BCUT2D eigenvalue weighted by atomic mass is 9.80. The van der Waals surface area contributed by atoms with Crippen molar-refractivity contribution >= 4 is 64.2 Å². The molecule has 1 N–H and O–H groups in total. The number of fused-ring (bicyclic) bond motifs is 1. The predicted molar refractivity (Wildman–Crippen MR) is 145 cm³/mol. The molecular formula is C28H28Cl2N2O7. The van der Waals surface area contributed by atoms with Gasteiger partial charge in [-0.25, -0.2) is 9.59 Å². The number of rotatable bonds is 9. The summed E-state index contributed by atoms with van der Waals surface area (Å²) in [7, 11) is 0. The van der Waals surface area contributed by atoms with Crippen molar-refractivity contribution in [2.75, 3.05) is 23.4 Å². The van der Waals surface area contributed by atoms with Gasteiger partial charge in [0.15, 0.2) is 6.61 Å². The summed E-state index contributed by atoms with van der Waals surface area (Å²) >= 11 is 12.4. The Labute approximate surface area is 235 Å². The van der Waals surface area contributed by atoms with Gasteiger partial charge in [0.1, 0.15) is 0 Å². The monoisotopic (exact) mass is 574 g/mol. The standard InChI is InChI=1S/C28H28Cl2N2O7/c1-2-3-12-38-27(36)16-4-8-18(9-5-16)31-24(33)15-39-28(37)17-6-10-19(11-7-17)32-25(34)20-13-22(29)23(30)14-21(20)26(32)35/h4-11,20-23H,2-3,12-15H2,1H3,(H,31,33)/t20-,21+,22+,23-. The second-order valence-electron chi connectivity index (χ2n) is 9.47. The van der Waals surface area contributed by atoms with Gasteiger partial charge in [0.25, 0.3) is 5.91 Å². The number of hydrogen-bond acceptors (Lipinski definition) is 7. The SMILES string of the molecule is CCCCOC(=O)c1ccc(NC(=O)COC(=O)c2ccc(N3C(=O)[C@H]4C[C@@H](Cl)[C@@H](Cl)C[C@H]4C3=O)cc2)cc1. The van der Waals surface area contributed by atoms with Crippen molar-refractivity contribution in [3.63, 3.8) is 0 Å². The summed E-state index contributed by atoms with van der Waals surface area (Å²) in [5, 5.41) is 1.83. The van der Waals surface area contributed by atoms with Crippen LogP contribution in [-0.4, -0.2) is 53.6 Å². The van der Waals surface area contributed by atoms with Crippen LogP contribution >= 0.6 is 23.2 Å². The van der Waals surface area contributed by atoms with Gasteiger partial charge in [-0.2, -0.15) is 0 Å². The van der Waals surface area contributed by atoms with Crippen LogP contribution in [0.5, 0.6) is 0 Å². The van der Waals surface area contributed by atoms with Crippen molar-refractivity contribution in [2.24, 2.45) is 11.8 Å². The minimum Gasteiger partial charge on any atom is -0.462 e. The van der Waals surface area contributed by atoms with Crippen LogP contribution in [0.25, 0.3) is 0 Å². The van der Waals surface area contributed by atoms with Crippen LogP contribution in [0.4, 0.5) is 11.4 Å². The van der Waals surface area contributed by atoms with Gasteiger partial charge in [0, 0.05) is 5.69 Å². The van der Waals surface area contributed by atoms with Crippen LogP contribution in [0, 0.1) is 11.8 Å². The number of halogens is 2. The lowest BCUT2D eigenvalue weighted by molar-refractivity contribution is -0.122. The van der Waals surface area contributed by atoms with E-state index < -0.39 is 36.3 Å². The highest BCUT2D eigenvalue weighted by Crippen LogP contribution is 2.43. The molecule has 4 atom stereocenters. The molecule has 0 radical (unpaired) electrons. The summed E-state index contributed by atoms with van der Waals surface area (Å²) in [6.45, 7) is 1.81. The molecule has 1 heterocycles. The molecule has 2 aliphatic rings. The number of esters is 2. The van der Waals surface area contributed by atoms with Crippen molar-refractivity contribution in [3.05, 3.63) is 59.7 Å².